The number of phosphoric ester groups is 1. The molecule has 0 radical (unpaired) electrons. The topological polar surface area (TPSA) is 44.8 Å². The van der Waals surface area contributed by atoms with Crippen LogP contribution in [0.15, 0.2) is 85.0 Å². The van der Waals surface area contributed by atoms with Crippen LogP contribution in [0.25, 0.3) is 0 Å². The molecule has 27 heavy (non-hydrogen) atoms. The van der Waals surface area contributed by atoms with Gasteiger partial charge in [0.2, 0.25) is 0 Å². The number of rotatable bonds is 9. The Morgan fingerprint density at radius 1 is 0.926 bits per heavy atom. The highest BCUT2D eigenvalue weighted by Gasteiger charge is 2.42. The number of benzene rings is 2. The summed E-state index contributed by atoms with van der Waals surface area (Å²) in [6.45, 7) is 2.12. The summed E-state index contributed by atoms with van der Waals surface area (Å²) in [6, 6.07) is 18.0. The predicted molar refractivity (Wildman–Crippen MR) is 108 cm³/mol. The Balaban J connectivity index is 1.89. The Morgan fingerprint density at radius 3 is 2.00 bits per heavy atom. The van der Waals surface area contributed by atoms with Crippen molar-refractivity contribution in [2.24, 2.45) is 0 Å². The van der Waals surface area contributed by atoms with E-state index in [0.29, 0.717) is 17.9 Å². The van der Waals surface area contributed by atoms with Crippen LogP contribution in [0, 0.1) is 0 Å². The average Bonchev–Trinajstić information content (AvgIpc) is 2.68. The molecule has 2 aromatic rings. The first-order valence-corrected chi connectivity index (χ1v) is 10.7. The van der Waals surface area contributed by atoms with Crippen molar-refractivity contribution >= 4 is 7.82 Å². The maximum atomic E-state index is 13.7. The summed E-state index contributed by atoms with van der Waals surface area (Å²) in [5.41, 5.74) is -0.705. The van der Waals surface area contributed by atoms with Crippen molar-refractivity contribution in [3.63, 3.8) is 0 Å². The van der Waals surface area contributed by atoms with Gasteiger partial charge in [-0.1, -0.05) is 80.5 Å². The zero-order valence-electron chi connectivity index (χ0n) is 15.5. The van der Waals surface area contributed by atoms with Crippen LogP contribution in [0.5, 0.6) is 11.5 Å². The summed E-state index contributed by atoms with van der Waals surface area (Å²) in [5, 5.41) is 0. The van der Waals surface area contributed by atoms with Crippen LogP contribution in [0.3, 0.4) is 0 Å². The second-order valence-electron chi connectivity index (χ2n) is 6.51. The Kier molecular flexibility index (Phi) is 6.54. The van der Waals surface area contributed by atoms with Crippen LogP contribution in [0.4, 0.5) is 0 Å². The highest BCUT2D eigenvalue weighted by molar-refractivity contribution is 7.49. The average molecular weight is 384 g/mol. The first-order valence-electron chi connectivity index (χ1n) is 9.28. The number of unbranched alkanes of at least 4 members (excludes halogenated alkanes) is 1. The third kappa shape index (κ3) is 5.59. The highest BCUT2D eigenvalue weighted by atomic mass is 31.2. The fraction of sp³-hybridized carbons (Fsp3) is 0.273. The number of allylic oxidation sites excluding steroid dienone is 2. The number of hydrogen-bond acceptors (Lipinski definition) is 4. The van der Waals surface area contributed by atoms with E-state index < -0.39 is 13.4 Å². The van der Waals surface area contributed by atoms with Gasteiger partial charge in [-0.15, -0.1) is 0 Å². The monoisotopic (exact) mass is 384 g/mol. The van der Waals surface area contributed by atoms with Crippen molar-refractivity contribution in [3.8, 4) is 11.5 Å². The molecule has 1 unspecified atom stereocenters. The van der Waals surface area contributed by atoms with Crippen LogP contribution in [-0.2, 0) is 9.09 Å². The molecule has 0 N–H and O–H groups in total. The van der Waals surface area contributed by atoms with Gasteiger partial charge in [0.15, 0.2) is 0 Å². The van der Waals surface area contributed by atoms with Crippen molar-refractivity contribution in [2.75, 3.05) is 0 Å². The quantitative estimate of drug-likeness (QED) is 0.451. The molecule has 0 saturated heterocycles. The van der Waals surface area contributed by atoms with E-state index in [1.54, 1.807) is 24.3 Å². The SMILES string of the molecule is CCCCC1(OP(=O)(Oc2ccccc2)Oc2ccccc2)C=CC=CC1. The molecule has 0 bridgehead atoms. The summed E-state index contributed by atoms with van der Waals surface area (Å²) < 4.78 is 31.3. The van der Waals surface area contributed by atoms with Crippen molar-refractivity contribution in [2.45, 2.75) is 38.2 Å². The van der Waals surface area contributed by atoms with E-state index in [9.17, 15) is 4.57 Å². The second-order valence-corrected chi connectivity index (χ2v) is 7.95. The van der Waals surface area contributed by atoms with E-state index in [-0.39, 0.29) is 0 Å². The first-order chi connectivity index (χ1) is 13.1. The largest absolute Gasteiger partial charge is 0.588 e. The lowest BCUT2D eigenvalue weighted by Crippen LogP contribution is -2.31. The zero-order chi connectivity index (χ0) is 19.0. The molecule has 0 saturated carbocycles. The zero-order valence-corrected chi connectivity index (χ0v) is 16.4. The van der Waals surface area contributed by atoms with Crippen molar-refractivity contribution < 1.29 is 18.1 Å². The summed E-state index contributed by atoms with van der Waals surface area (Å²) in [4.78, 5) is 0. The molecule has 0 aromatic heterocycles. The lowest BCUT2D eigenvalue weighted by atomic mass is 9.90. The molecule has 3 rings (SSSR count). The Labute approximate surface area is 161 Å². The van der Waals surface area contributed by atoms with Gasteiger partial charge in [0.05, 0.1) is 0 Å². The van der Waals surface area contributed by atoms with E-state index in [2.05, 4.69) is 6.92 Å². The minimum Gasteiger partial charge on any atom is -0.395 e. The van der Waals surface area contributed by atoms with Crippen LogP contribution < -0.4 is 9.05 Å². The molecule has 1 aliphatic rings. The van der Waals surface area contributed by atoms with Crippen molar-refractivity contribution in [1.82, 2.24) is 0 Å². The fourth-order valence-corrected chi connectivity index (χ4v) is 4.46. The molecule has 0 aliphatic heterocycles. The molecule has 1 atom stereocenters. The molecule has 0 spiro atoms. The standard InChI is InChI=1S/C22H25O4P/c1-2-3-17-22(18-11-6-12-19-22)26-27(23,24-20-13-7-4-8-14-20)25-21-15-9-5-10-16-21/h4-16,18H,2-3,17,19H2,1H3. The summed E-state index contributed by atoms with van der Waals surface area (Å²) >= 11 is 0. The molecule has 4 nitrogen and oxygen atoms in total. The van der Waals surface area contributed by atoms with Gasteiger partial charge in [-0.05, 0) is 37.1 Å². The van der Waals surface area contributed by atoms with E-state index in [1.165, 1.54) is 0 Å². The minimum absolute atomic E-state index is 0.442. The van der Waals surface area contributed by atoms with E-state index in [0.717, 1.165) is 19.3 Å². The lowest BCUT2D eigenvalue weighted by Gasteiger charge is -2.33. The van der Waals surface area contributed by atoms with Gasteiger partial charge in [0, 0.05) is 0 Å². The van der Waals surface area contributed by atoms with E-state index in [4.69, 9.17) is 13.6 Å². The third-order valence-electron chi connectivity index (χ3n) is 4.28. The number of para-hydroxylation sites is 2. The molecule has 2 aromatic carbocycles. The number of hydrogen-bond donors (Lipinski definition) is 0. The van der Waals surface area contributed by atoms with Gasteiger partial charge in [-0.25, -0.2) is 4.57 Å². The van der Waals surface area contributed by atoms with Gasteiger partial charge < -0.3 is 9.05 Å². The molecule has 0 heterocycles. The minimum atomic E-state index is -3.92. The highest BCUT2D eigenvalue weighted by Crippen LogP contribution is 2.54. The van der Waals surface area contributed by atoms with Crippen LogP contribution in [0.2, 0.25) is 0 Å². The Bertz CT molecular complexity index is 771. The smallest absolute Gasteiger partial charge is 0.395 e. The summed E-state index contributed by atoms with van der Waals surface area (Å²) in [6.07, 6.45) is 11.2. The maximum absolute atomic E-state index is 13.7. The molecule has 142 valence electrons. The molecule has 0 fully saturated rings. The molecule has 0 amide bonds. The van der Waals surface area contributed by atoms with Gasteiger partial charge >= 0.3 is 7.82 Å². The maximum Gasteiger partial charge on any atom is 0.588 e. The van der Waals surface area contributed by atoms with E-state index >= 15 is 0 Å². The summed E-state index contributed by atoms with van der Waals surface area (Å²) in [5.74, 6) is 0.885. The normalized spacial score (nSPS) is 19.0. The first kappa shape index (κ1) is 19.5. The van der Waals surface area contributed by atoms with Crippen molar-refractivity contribution in [3.05, 3.63) is 85.0 Å². The van der Waals surface area contributed by atoms with E-state index in [1.807, 2.05) is 60.7 Å². The third-order valence-corrected chi connectivity index (χ3v) is 5.73. The van der Waals surface area contributed by atoms with Gasteiger partial charge in [0.1, 0.15) is 17.1 Å². The molecular weight excluding hydrogens is 359 g/mol. The molecular formula is C22H25O4P. The molecule has 1 aliphatic carbocycles. The second kappa shape index (κ2) is 9.07. The van der Waals surface area contributed by atoms with Gasteiger partial charge in [-0.3, -0.25) is 4.52 Å². The fourth-order valence-electron chi connectivity index (χ4n) is 2.92. The Hall–Kier alpha value is -2.29. The Morgan fingerprint density at radius 2 is 1.52 bits per heavy atom. The number of phosphoric acid groups is 1. The van der Waals surface area contributed by atoms with Crippen LogP contribution in [0.1, 0.15) is 32.6 Å². The van der Waals surface area contributed by atoms with Crippen molar-refractivity contribution in [1.29, 1.82) is 0 Å². The predicted octanol–water partition coefficient (Wildman–Crippen LogP) is 6.71. The molecule has 5 heteroatoms. The van der Waals surface area contributed by atoms with Crippen LogP contribution >= 0.6 is 7.82 Å². The lowest BCUT2D eigenvalue weighted by molar-refractivity contribution is 0.0723. The van der Waals surface area contributed by atoms with Crippen LogP contribution in [-0.4, -0.2) is 5.60 Å². The van der Waals surface area contributed by atoms with Gasteiger partial charge in [0.25, 0.3) is 0 Å². The van der Waals surface area contributed by atoms with Gasteiger partial charge in [-0.2, -0.15) is 0 Å². The summed E-state index contributed by atoms with van der Waals surface area (Å²) in [7, 11) is -3.92.